The smallest absolute Gasteiger partial charge is 0.369 e. The fraction of sp³-hybridized carbons (Fsp3) is 0.312. The molecule has 1 aromatic carbocycles. The second-order valence-corrected chi connectivity index (χ2v) is 6.10. The van der Waals surface area contributed by atoms with Crippen molar-refractivity contribution < 1.29 is 18.0 Å². The van der Waals surface area contributed by atoms with Crippen molar-refractivity contribution in [3.05, 3.63) is 46.9 Å². The summed E-state index contributed by atoms with van der Waals surface area (Å²) in [5.74, 6) is -0.380. The third kappa shape index (κ3) is 5.57. The van der Waals surface area contributed by atoms with E-state index in [1.54, 1.807) is 0 Å². The minimum Gasteiger partial charge on any atom is -0.369 e. The highest BCUT2D eigenvalue weighted by atomic mass is 35.5. The molecule has 0 spiro atoms. The summed E-state index contributed by atoms with van der Waals surface area (Å²) in [6.07, 6.45) is -3.49. The molecular weight excluding hydrogens is 371 g/mol. The van der Waals surface area contributed by atoms with E-state index in [1.165, 1.54) is 18.5 Å². The number of nitrogens with one attached hydrogen (secondary N) is 2. The number of likely N-dealkylation sites (N-methyl/N-ethyl adjacent to an activating group) is 1. The van der Waals surface area contributed by atoms with Gasteiger partial charge in [0.1, 0.15) is 17.8 Å². The molecule has 1 amide bonds. The summed E-state index contributed by atoms with van der Waals surface area (Å²) in [4.78, 5) is 22.0. The van der Waals surface area contributed by atoms with E-state index in [0.29, 0.717) is 12.4 Å². The summed E-state index contributed by atoms with van der Waals surface area (Å²) in [6, 6.07) is 4.49. The van der Waals surface area contributed by atoms with E-state index >= 15 is 0 Å². The van der Waals surface area contributed by atoms with Crippen molar-refractivity contribution in [3.8, 4) is 0 Å². The monoisotopic (exact) mass is 387 g/mol. The Bertz CT molecular complexity index is 783. The Morgan fingerprint density at radius 1 is 1.23 bits per heavy atom. The lowest BCUT2D eigenvalue weighted by molar-refractivity contribution is -0.136. The molecule has 0 aliphatic rings. The second-order valence-electron chi connectivity index (χ2n) is 5.66. The minimum absolute atomic E-state index is 0.0598. The zero-order valence-corrected chi connectivity index (χ0v) is 14.8. The Morgan fingerprint density at radius 3 is 2.62 bits per heavy atom. The lowest BCUT2D eigenvalue weighted by Crippen LogP contribution is -2.22. The number of carbonyl (C=O) groups excluding carboxylic acids is 1. The van der Waals surface area contributed by atoms with Crippen LogP contribution in [0, 0.1) is 0 Å². The van der Waals surface area contributed by atoms with E-state index < -0.39 is 23.3 Å². The lowest BCUT2D eigenvalue weighted by Gasteiger charge is -2.14. The van der Waals surface area contributed by atoms with Crippen molar-refractivity contribution in [2.75, 3.05) is 37.8 Å². The number of carbonyl (C=O) groups is 1. The molecule has 2 N–H and O–H groups in total. The van der Waals surface area contributed by atoms with Gasteiger partial charge in [0, 0.05) is 24.2 Å². The number of anilines is 2. The van der Waals surface area contributed by atoms with Crippen LogP contribution in [0.4, 0.5) is 24.7 Å². The van der Waals surface area contributed by atoms with Gasteiger partial charge < -0.3 is 15.5 Å². The van der Waals surface area contributed by atoms with Crippen LogP contribution in [-0.2, 0) is 6.18 Å². The predicted octanol–water partition coefficient (Wildman–Crippen LogP) is 3.37. The Morgan fingerprint density at radius 2 is 1.96 bits per heavy atom. The number of halogens is 4. The molecular formula is C16H17ClF3N5O. The maximum Gasteiger partial charge on any atom is 0.418 e. The second kappa shape index (κ2) is 8.33. The van der Waals surface area contributed by atoms with Crippen molar-refractivity contribution in [2.24, 2.45) is 0 Å². The first-order chi connectivity index (χ1) is 12.2. The molecule has 1 heterocycles. The molecule has 0 fully saturated rings. The summed E-state index contributed by atoms with van der Waals surface area (Å²) in [7, 11) is 3.82. The topological polar surface area (TPSA) is 70.2 Å². The van der Waals surface area contributed by atoms with Crippen molar-refractivity contribution >= 4 is 29.0 Å². The first-order valence-corrected chi connectivity index (χ1v) is 7.93. The van der Waals surface area contributed by atoms with E-state index in [0.717, 1.165) is 18.7 Å². The Hall–Kier alpha value is -2.39. The van der Waals surface area contributed by atoms with Crippen LogP contribution in [0.1, 0.15) is 16.1 Å². The zero-order valence-electron chi connectivity index (χ0n) is 14.1. The normalized spacial score (nSPS) is 11.5. The molecule has 10 heteroatoms. The lowest BCUT2D eigenvalue weighted by atomic mass is 10.1. The van der Waals surface area contributed by atoms with Gasteiger partial charge in [0.05, 0.1) is 11.3 Å². The quantitative estimate of drug-likeness (QED) is 0.795. The molecule has 6 nitrogen and oxygen atoms in total. The van der Waals surface area contributed by atoms with Crippen molar-refractivity contribution in [3.63, 3.8) is 0 Å². The number of hydrogen-bond acceptors (Lipinski definition) is 5. The molecule has 0 saturated carbocycles. The minimum atomic E-state index is -4.65. The van der Waals surface area contributed by atoms with Gasteiger partial charge in [-0.2, -0.15) is 13.2 Å². The van der Waals surface area contributed by atoms with E-state index in [2.05, 4.69) is 20.6 Å². The molecule has 1 aromatic heterocycles. The highest BCUT2D eigenvalue weighted by Gasteiger charge is 2.34. The molecule has 0 aliphatic carbocycles. The number of hydrogen-bond donors (Lipinski definition) is 2. The molecule has 2 rings (SSSR count). The van der Waals surface area contributed by atoms with Crippen LogP contribution in [0.5, 0.6) is 0 Å². The number of benzene rings is 1. The standard InChI is InChI=1S/C16H17ClF3N5O/c1-25(2)6-5-21-14-8-13(22-9-23-14)15(26)24-12-4-3-10(17)7-11(12)16(18,19)20/h3-4,7-9H,5-6H2,1-2H3,(H,24,26)(H,21,22,23). The largest absolute Gasteiger partial charge is 0.418 e. The number of aromatic nitrogens is 2. The van der Waals surface area contributed by atoms with Crippen LogP contribution in [0.25, 0.3) is 0 Å². The average molecular weight is 388 g/mol. The van der Waals surface area contributed by atoms with Crippen LogP contribution >= 0.6 is 11.6 Å². The molecule has 26 heavy (non-hydrogen) atoms. The average Bonchev–Trinajstić information content (AvgIpc) is 2.55. The Labute approximate surface area is 153 Å². The summed E-state index contributed by atoms with van der Waals surface area (Å²) in [5.41, 5.74) is -1.49. The van der Waals surface area contributed by atoms with E-state index in [1.807, 2.05) is 19.0 Å². The van der Waals surface area contributed by atoms with Gasteiger partial charge in [-0.1, -0.05) is 11.6 Å². The number of rotatable bonds is 6. The van der Waals surface area contributed by atoms with Gasteiger partial charge in [-0.3, -0.25) is 4.79 Å². The molecule has 140 valence electrons. The van der Waals surface area contributed by atoms with Crippen LogP contribution in [0.15, 0.2) is 30.6 Å². The zero-order chi connectivity index (χ0) is 19.3. The van der Waals surface area contributed by atoms with Crippen LogP contribution in [0.2, 0.25) is 5.02 Å². The number of alkyl halides is 3. The summed E-state index contributed by atoms with van der Waals surface area (Å²) in [5, 5.41) is 5.15. The van der Waals surface area contributed by atoms with E-state index in [-0.39, 0.29) is 10.7 Å². The Balaban J connectivity index is 2.16. The summed E-state index contributed by atoms with van der Waals surface area (Å²) < 4.78 is 39.3. The molecule has 0 saturated heterocycles. The third-order valence-electron chi connectivity index (χ3n) is 3.30. The molecule has 0 radical (unpaired) electrons. The molecule has 2 aromatic rings. The first kappa shape index (κ1) is 19.9. The van der Waals surface area contributed by atoms with Crippen LogP contribution < -0.4 is 10.6 Å². The highest BCUT2D eigenvalue weighted by molar-refractivity contribution is 6.30. The number of amides is 1. The van der Waals surface area contributed by atoms with E-state index in [4.69, 9.17) is 11.6 Å². The van der Waals surface area contributed by atoms with Gasteiger partial charge in [0.25, 0.3) is 5.91 Å². The van der Waals surface area contributed by atoms with Gasteiger partial charge in [-0.25, -0.2) is 9.97 Å². The van der Waals surface area contributed by atoms with E-state index in [9.17, 15) is 18.0 Å². The van der Waals surface area contributed by atoms with Gasteiger partial charge >= 0.3 is 6.18 Å². The van der Waals surface area contributed by atoms with Gasteiger partial charge in [-0.15, -0.1) is 0 Å². The third-order valence-corrected chi connectivity index (χ3v) is 3.54. The van der Waals surface area contributed by atoms with Crippen LogP contribution in [-0.4, -0.2) is 48.0 Å². The van der Waals surface area contributed by atoms with Crippen molar-refractivity contribution in [1.82, 2.24) is 14.9 Å². The molecule has 0 unspecified atom stereocenters. The first-order valence-electron chi connectivity index (χ1n) is 7.55. The van der Waals surface area contributed by atoms with Gasteiger partial charge in [-0.05, 0) is 32.3 Å². The number of nitrogens with zero attached hydrogens (tertiary/aromatic N) is 3. The summed E-state index contributed by atoms with van der Waals surface area (Å²) >= 11 is 5.62. The fourth-order valence-electron chi connectivity index (χ4n) is 2.03. The maximum atomic E-state index is 13.1. The van der Waals surface area contributed by atoms with Crippen molar-refractivity contribution in [1.29, 1.82) is 0 Å². The SMILES string of the molecule is CN(C)CCNc1cc(C(=O)Nc2ccc(Cl)cc2C(F)(F)F)ncn1. The fourth-order valence-corrected chi connectivity index (χ4v) is 2.20. The van der Waals surface area contributed by atoms with Gasteiger partial charge in [0.15, 0.2) is 0 Å². The van der Waals surface area contributed by atoms with Gasteiger partial charge in [0.2, 0.25) is 0 Å². The van der Waals surface area contributed by atoms with Crippen molar-refractivity contribution in [2.45, 2.75) is 6.18 Å². The predicted molar refractivity (Wildman–Crippen MR) is 93.5 cm³/mol. The molecule has 0 aliphatic heterocycles. The molecule has 0 bridgehead atoms. The Kier molecular flexibility index (Phi) is 6.38. The van der Waals surface area contributed by atoms with Crippen LogP contribution in [0.3, 0.4) is 0 Å². The summed E-state index contributed by atoms with van der Waals surface area (Å²) in [6.45, 7) is 1.33. The molecule has 0 atom stereocenters. The highest BCUT2D eigenvalue weighted by Crippen LogP contribution is 2.36. The maximum absolute atomic E-state index is 13.1.